The van der Waals surface area contributed by atoms with E-state index in [9.17, 15) is 13.2 Å². The maximum absolute atomic E-state index is 13.3. The zero-order valence-corrected chi connectivity index (χ0v) is 22.9. The Kier molecular flexibility index (Phi) is 7.15. The zero-order valence-electron chi connectivity index (χ0n) is 22.1. The van der Waals surface area contributed by atoms with E-state index >= 15 is 0 Å². The van der Waals surface area contributed by atoms with Gasteiger partial charge in [0.25, 0.3) is 15.9 Å². The van der Waals surface area contributed by atoms with Crippen molar-refractivity contribution in [2.45, 2.75) is 69.5 Å². The van der Waals surface area contributed by atoms with Gasteiger partial charge in [0.2, 0.25) is 0 Å². The van der Waals surface area contributed by atoms with Crippen LogP contribution < -0.4 is 14.5 Å². The summed E-state index contributed by atoms with van der Waals surface area (Å²) in [6.07, 6.45) is 7.80. The molecule has 1 saturated carbocycles. The first-order valence-electron chi connectivity index (χ1n) is 13.4. The first kappa shape index (κ1) is 25.9. The van der Waals surface area contributed by atoms with Crippen LogP contribution in [-0.2, 0) is 10.0 Å². The van der Waals surface area contributed by atoms with Gasteiger partial charge in [-0.05, 0) is 63.3 Å². The molecule has 37 heavy (non-hydrogen) atoms. The van der Waals surface area contributed by atoms with Crippen LogP contribution in [0.4, 0.5) is 11.6 Å². The fourth-order valence-electron chi connectivity index (χ4n) is 5.94. The highest BCUT2D eigenvalue weighted by Crippen LogP contribution is 2.38. The standard InChI is InChI=1S/C27H38N6O3S/c1-20-13-15-33(27(20,2)3)25-22(10-7-14-28-25)26(34)30-37(35,36)24-12-6-11-23(29-24)32-18-16-31(17-19-32)21-8-4-5-9-21/h6-7,10-12,14,20-21H,4-5,8-9,13,15-19H2,1-3H3,(H,30,34). The van der Waals surface area contributed by atoms with Gasteiger partial charge in [-0.25, -0.2) is 14.7 Å². The third-order valence-corrected chi connectivity index (χ3v) is 9.90. The van der Waals surface area contributed by atoms with Crippen LogP contribution in [0.1, 0.15) is 63.2 Å². The predicted octanol–water partition coefficient (Wildman–Crippen LogP) is 3.28. The molecule has 3 fully saturated rings. The lowest BCUT2D eigenvalue weighted by atomic mass is 9.90. The summed E-state index contributed by atoms with van der Waals surface area (Å²) in [6, 6.07) is 8.92. The molecular formula is C27H38N6O3S. The molecule has 2 saturated heterocycles. The van der Waals surface area contributed by atoms with Crippen LogP contribution in [0.25, 0.3) is 0 Å². The molecule has 1 amide bonds. The van der Waals surface area contributed by atoms with Crippen LogP contribution in [0.15, 0.2) is 41.6 Å². The third-order valence-electron chi connectivity index (χ3n) is 8.66. The molecule has 1 N–H and O–H groups in total. The Labute approximate surface area is 220 Å². The average molecular weight is 527 g/mol. The Bertz CT molecular complexity index is 1240. The Morgan fingerprint density at radius 3 is 2.41 bits per heavy atom. The van der Waals surface area contributed by atoms with Gasteiger partial charge in [-0.3, -0.25) is 9.69 Å². The summed E-state index contributed by atoms with van der Waals surface area (Å²) in [4.78, 5) is 29.0. The van der Waals surface area contributed by atoms with Crippen molar-refractivity contribution in [2.75, 3.05) is 42.5 Å². The van der Waals surface area contributed by atoms with Crippen LogP contribution in [0, 0.1) is 5.92 Å². The molecule has 200 valence electrons. The SMILES string of the molecule is CC1CCN(c2ncccc2C(=O)NS(=O)(=O)c2cccc(N3CCN(C4CCCC4)CC3)n2)C1(C)C. The monoisotopic (exact) mass is 526 g/mol. The van der Waals surface area contributed by atoms with E-state index < -0.39 is 15.9 Å². The van der Waals surface area contributed by atoms with Gasteiger partial charge in [0, 0.05) is 50.5 Å². The summed E-state index contributed by atoms with van der Waals surface area (Å²) in [5, 5.41) is -0.155. The molecule has 0 aromatic carbocycles. The molecule has 10 heteroatoms. The first-order valence-corrected chi connectivity index (χ1v) is 14.9. The number of nitrogens with one attached hydrogen (secondary N) is 1. The number of rotatable bonds is 6. The number of hydrogen-bond acceptors (Lipinski definition) is 8. The first-order chi connectivity index (χ1) is 17.7. The lowest BCUT2D eigenvalue weighted by Crippen LogP contribution is -2.50. The Morgan fingerprint density at radius 1 is 1.00 bits per heavy atom. The van der Waals surface area contributed by atoms with Crippen molar-refractivity contribution in [1.82, 2.24) is 19.6 Å². The Morgan fingerprint density at radius 2 is 1.73 bits per heavy atom. The van der Waals surface area contributed by atoms with Crippen LogP contribution >= 0.6 is 0 Å². The molecule has 0 bridgehead atoms. The highest BCUT2D eigenvalue weighted by atomic mass is 32.2. The highest BCUT2D eigenvalue weighted by molar-refractivity contribution is 7.90. The fraction of sp³-hybridized carbons (Fsp3) is 0.593. The van der Waals surface area contributed by atoms with E-state index in [2.05, 4.69) is 50.2 Å². The molecule has 4 heterocycles. The summed E-state index contributed by atoms with van der Waals surface area (Å²) in [7, 11) is -4.17. The molecule has 0 radical (unpaired) electrons. The maximum atomic E-state index is 13.3. The number of pyridine rings is 2. The summed E-state index contributed by atoms with van der Waals surface area (Å²) in [5.41, 5.74) is 0.0485. The van der Waals surface area contributed by atoms with Gasteiger partial charge in [0.1, 0.15) is 11.6 Å². The minimum absolute atomic E-state index is 0.155. The van der Waals surface area contributed by atoms with Crippen LogP contribution in [0.3, 0.4) is 0 Å². The minimum Gasteiger partial charge on any atom is -0.354 e. The van der Waals surface area contributed by atoms with Crippen LogP contribution in [0.2, 0.25) is 0 Å². The highest BCUT2D eigenvalue weighted by Gasteiger charge is 2.40. The van der Waals surface area contributed by atoms with Gasteiger partial charge in [-0.2, -0.15) is 8.42 Å². The fourth-order valence-corrected chi connectivity index (χ4v) is 6.87. The molecule has 1 aliphatic carbocycles. The van der Waals surface area contributed by atoms with Gasteiger partial charge in [-0.1, -0.05) is 25.8 Å². The summed E-state index contributed by atoms with van der Waals surface area (Å²) in [6.45, 7) is 10.7. The number of carbonyl (C=O) groups is 1. The summed E-state index contributed by atoms with van der Waals surface area (Å²) >= 11 is 0. The topological polar surface area (TPSA) is 98.7 Å². The predicted molar refractivity (Wildman–Crippen MR) is 144 cm³/mol. The third kappa shape index (κ3) is 5.18. The number of hydrogen-bond donors (Lipinski definition) is 1. The van der Waals surface area contributed by atoms with Crippen LogP contribution in [0.5, 0.6) is 0 Å². The number of amides is 1. The second-order valence-corrected chi connectivity index (χ2v) is 12.7. The van der Waals surface area contributed by atoms with Crippen LogP contribution in [-0.4, -0.2) is 73.5 Å². The second kappa shape index (κ2) is 10.2. The van der Waals surface area contributed by atoms with Crippen molar-refractivity contribution in [1.29, 1.82) is 0 Å². The van der Waals surface area contributed by atoms with E-state index in [1.54, 1.807) is 24.4 Å². The molecule has 2 aromatic heterocycles. The van der Waals surface area contributed by atoms with Crippen molar-refractivity contribution in [3.63, 3.8) is 0 Å². The molecular weight excluding hydrogens is 488 g/mol. The lowest BCUT2D eigenvalue weighted by molar-refractivity contribution is 0.0981. The number of carbonyl (C=O) groups excluding carboxylic acids is 1. The molecule has 5 rings (SSSR count). The largest absolute Gasteiger partial charge is 0.354 e. The molecule has 9 nitrogen and oxygen atoms in total. The normalized spacial score (nSPS) is 22.9. The van der Waals surface area contributed by atoms with E-state index in [1.807, 2.05) is 6.07 Å². The van der Waals surface area contributed by atoms with E-state index in [0.717, 1.165) is 39.1 Å². The number of sulfonamides is 1. The van der Waals surface area contributed by atoms with E-state index in [-0.39, 0.29) is 16.1 Å². The quantitative estimate of drug-likeness (QED) is 0.612. The number of aromatic nitrogens is 2. The smallest absolute Gasteiger partial charge is 0.281 e. The van der Waals surface area contributed by atoms with Gasteiger partial charge < -0.3 is 9.80 Å². The van der Waals surface area contributed by atoms with Crippen molar-refractivity contribution in [2.24, 2.45) is 5.92 Å². The van der Waals surface area contributed by atoms with Crippen molar-refractivity contribution in [3.05, 3.63) is 42.1 Å². The molecule has 3 aliphatic rings. The number of anilines is 2. The summed E-state index contributed by atoms with van der Waals surface area (Å²) in [5.74, 6) is 0.847. The van der Waals surface area contributed by atoms with Gasteiger partial charge >= 0.3 is 0 Å². The van der Waals surface area contributed by atoms with E-state index in [0.29, 0.717) is 23.6 Å². The van der Waals surface area contributed by atoms with E-state index in [1.165, 1.54) is 31.7 Å². The zero-order chi connectivity index (χ0) is 26.2. The van der Waals surface area contributed by atoms with Crippen molar-refractivity contribution in [3.8, 4) is 0 Å². The lowest BCUT2D eigenvalue weighted by Gasteiger charge is -2.38. The Balaban J connectivity index is 1.30. The van der Waals surface area contributed by atoms with Gasteiger partial charge in [0.05, 0.1) is 5.56 Å². The van der Waals surface area contributed by atoms with Crippen molar-refractivity contribution >= 4 is 27.6 Å². The van der Waals surface area contributed by atoms with Crippen molar-refractivity contribution < 1.29 is 13.2 Å². The minimum atomic E-state index is -4.17. The van der Waals surface area contributed by atoms with Gasteiger partial charge in [-0.15, -0.1) is 0 Å². The molecule has 1 unspecified atom stereocenters. The van der Waals surface area contributed by atoms with E-state index in [4.69, 9.17) is 0 Å². The average Bonchev–Trinajstić information content (AvgIpc) is 3.52. The summed E-state index contributed by atoms with van der Waals surface area (Å²) < 4.78 is 28.7. The molecule has 0 spiro atoms. The number of piperazine rings is 1. The second-order valence-electron chi connectivity index (χ2n) is 11.1. The van der Waals surface area contributed by atoms with Gasteiger partial charge in [0.15, 0.2) is 5.03 Å². The molecule has 2 aliphatic heterocycles. The number of nitrogens with zero attached hydrogens (tertiary/aromatic N) is 5. The molecule has 2 aromatic rings. The maximum Gasteiger partial charge on any atom is 0.281 e. The molecule has 1 atom stereocenters. The Hall–Kier alpha value is -2.72.